The molecule has 0 fully saturated rings. The van der Waals surface area contributed by atoms with Gasteiger partial charge in [0.1, 0.15) is 0 Å². The SMILES string of the molecule is Cc1ccccc1-c1c(-c2ccccc2)ccc2[cH-]c(C(C)C)cc12.Cc1ccccc1-c1c(-c2ccccc2)ccc2[cH-]c(C(C)C)cc12.[Cl][Zr][Cl].[c-]1cccc2c1[Si]c1ccccc1-2. The third-order valence-corrected chi connectivity index (χ3v) is 13.9. The van der Waals surface area contributed by atoms with Gasteiger partial charge in [-0.3, -0.25) is 0 Å². The van der Waals surface area contributed by atoms with Gasteiger partial charge in [0, 0.05) is 0 Å². The van der Waals surface area contributed by atoms with Crippen molar-refractivity contribution >= 4 is 58.5 Å². The standard InChI is InChI=1S/2C25H23.C12H7Si.2ClH.Zr/c2*1-17(2)21-15-20-13-14-23(19-10-5-4-6-11-19)25(24(20)16-21)22-12-8-7-9-18(22)3;1-3-7-11-9(5-1)10-6-2-4-8-12(10)13-11;;;/h2*4-17H,1-3H3;1-7H;2*1H;/q3*-1;;;+2/p-2. The first-order chi connectivity index (χ1) is 32.2. The molecule has 10 aromatic rings. The Morgan fingerprint density at radius 3 is 1.32 bits per heavy atom. The van der Waals surface area contributed by atoms with E-state index in [1.165, 1.54) is 110 Å². The summed E-state index contributed by atoms with van der Waals surface area (Å²) in [5.41, 5.74) is 18.8. The number of hydrogen-bond donors (Lipinski definition) is 0. The van der Waals surface area contributed by atoms with Crippen LogP contribution in [0.2, 0.25) is 0 Å². The third-order valence-electron chi connectivity index (χ3n) is 12.5. The summed E-state index contributed by atoms with van der Waals surface area (Å²) in [5.74, 6) is 1.08. The van der Waals surface area contributed by atoms with Crippen LogP contribution in [0.15, 0.2) is 200 Å². The smallest absolute Gasteiger partial charge is 0.0920 e. The van der Waals surface area contributed by atoms with Crippen LogP contribution < -0.4 is 10.4 Å². The van der Waals surface area contributed by atoms with E-state index in [4.69, 9.17) is 17.0 Å². The van der Waals surface area contributed by atoms with Crippen molar-refractivity contribution in [2.75, 3.05) is 0 Å². The molecule has 0 spiro atoms. The summed E-state index contributed by atoms with van der Waals surface area (Å²) in [6.45, 7) is 13.5. The molecule has 0 N–H and O–H groups in total. The molecular formula is C62H53Cl2SiZr-3. The molecule has 1 aliphatic rings. The number of benzene rings is 8. The Morgan fingerprint density at radius 1 is 0.455 bits per heavy atom. The summed E-state index contributed by atoms with van der Waals surface area (Å²) in [7, 11) is 10.7. The molecule has 0 aromatic heterocycles. The molecule has 0 amide bonds. The molecule has 10 aromatic carbocycles. The fraction of sp³-hybridized carbons (Fsp3) is 0.129. The molecule has 326 valence electrons. The van der Waals surface area contributed by atoms with Gasteiger partial charge >= 0.3 is 37.9 Å². The zero-order chi connectivity index (χ0) is 46.2. The quantitative estimate of drug-likeness (QED) is 0.115. The number of fused-ring (bicyclic) bond motifs is 5. The van der Waals surface area contributed by atoms with E-state index in [2.05, 4.69) is 242 Å². The fourth-order valence-corrected chi connectivity index (χ4v) is 10.3. The topological polar surface area (TPSA) is 0 Å². The first-order valence-electron chi connectivity index (χ1n) is 22.7. The molecule has 1 aliphatic heterocycles. The van der Waals surface area contributed by atoms with Crippen molar-refractivity contribution in [3.63, 3.8) is 0 Å². The molecule has 1 heterocycles. The van der Waals surface area contributed by atoms with Gasteiger partial charge in [-0.25, -0.2) is 0 Å². The maximum atomic E-state index is 4.93. The van der Waals surface area contributed by atoms with Crippen molar-refractivity contribution in [2.24, 2.45) is 0 Å². The average molecular weight is 988 g/mol. The molecule has 2 radical (unpaired) electrons. The maximum absolute atomic E-state index is 4.93. The zero-order valence-electron chi connectivity index (χ0n) is 38.5. The molecule has 0 saturated heterocycles. The van der Waals surface area contributed by atoms with Crippen LogP contribution in [-0.4, -0.2) is 9.52 Å². The Morgan fingerprint density at radius 2 is 0.864 bits per heavy atom. The Kier molecular flexibility index (Phi) is 15.7. The molecule has 0 saturated carbocycles. The van der Waals surface area contributed by atoms with Gasteiger partial charge in [0.15, 0.2) is 0 Å². The van der Waals surface area contributed by atoms with Gasteiger partial charge in [-0.2, -0.15) is 41.6 Å². The summed E-state index contributed by atoms with van der Waals surface area (Å²) < 4.78 is 0. The van der Waals surface area contributed by atoms with Crippen molar-refractivity contribution < 1.29 is 20.8 Å². The molecule has 11 rings (SSSR count). The largest absolute Gasteiger partial charge is 0.184 e. The van der Waals surface area contributed by atoms with E-state index in [0.29, 0.717) is 11.8 Å². The van der Waals surface area contributed by atoms with Crippen LogP contribution in [0.3, 0.4) is 0 Å². The number of aryl methyl sites for hydroxylation is 2. The predicted molar refractivity (Wildman–Crippen MR) is 286 cm³/mol. The first-order valence-corrected chi connectivity index (χ1v) is 30.0. The molecule has 0 aliphatic carbocycles. The minimum atomic E-state index is -0.826. The fourth-order valence-electron chi connectivity index (χ4n) is 9.01. The summed E-state index contributed by atoms with van der Waals surface area (Å²) in [6.07, 6.45) is 0. The van der Waals surface area contributed by atoms with Gasteiger partial charge in [0.05, 0.1) is 9.52 Å². The Bertz CT molecular complexity index is 2980. The molecule has 66 heavy (non-hydrogen) atoms. The first kappa shape index (κ1) is 47.2. The van der Waals surface area contributed by atoms with Gasteiger partial charge in [0.25, 0.3) is 0 Å². The summed E-state index contributed by atoms with van der Waals surface area (Å²) in [5, 5.41) is 8.21. The Hall–Kier alpha value is -5.34. The van der Waals surface area contributed by atoms with Crippen LogP contribution in [-0.2, 0) is 20.8 Å². The van der Waals surface area contributed by atoms with E-state index < -0.39 is 20.8 Å². The molecule has 0 nitrogen and oxygen atoms in total. The summed E-state index contributed by atoms with van der Waals surface area (Å²) in [6, 6.07) is 75.6. The Balaban J connectivity index is 0.000000136. The van der Waals surface area contributed by atoms with Crippen LogP contribution in [0.25, 0.3) is 77.2 Å². The Labute approximate surface area is 413 Å². The van der Waals surface area contributed by atoms with E-state index >= 15 is 0 Å². The van der Waals surface area contributed by atoms with E-state index in [9.17, 15) is 0 Å². The molecular weight excluding hydrogens is 935 g/mol. The monoisotopic (exact) mass is 985 g/mol. The molecule has 0 bridgehead atoms. The summed E-state index contributed by atoms with van der Waals surface area (Å²) >= 11 is -0.826. The normalized spacial score (nSPS) is 11.2. The van der Waals surface area contributed by atoms with Gasteiger partial charge in [-0.15, -0.1) is 62.5 Å². The van der Waals surface area contributed by atoms with Crippen LogP contribution >= 0.6 is 17.0 Å². The van der Waals surface area contributed by atoms with E-state index in [-0.39, 0.29) is 0 Å². The van der Waals surface area contributed by atoms with Crippen LogP contribution in [0, 0.1) is 19.9 Å². The average Bonchev–Trinajstić information content (AvgIpc) is 4.09. The van der Waals surface area contributed by atoms with E-state index in [0.717, 1.165) is 9.52 Å². The second kappa shape index (κ2) is 22.0. The van der Waals surface area contributed by atoms with Gasteiger partial charge in [0.2, 0.25) is 0 Å². The predicted octanol–water partition coefficient (Wildman–Crippen LogP) is 17.1. The van der Waals surface area contributed by atoms with Crippen LogP contribution in [0.4, 0.5) is 0 Å². The van der Waals surface area contributed by atoms with Crippen molar-refractivity contribution in [2.45, 2.75) is 53.4 Å². The number of hydrogen-bond acceptors (Lipinski definition) is 0. The second-order valence-corrected chi connectivity index (χ2v) is 22.5. The number of halogens is 2. The van der Waals surface area contributed by atoms with Gasteiger partial charge in [-0.1, -0.05) is 195 Å². The van der Waals surface area contributed by atoms with Crippen molar-refractivity contribution in [1.29, 1.82) is 0 Å². The minimum absolute atomic E-state index is 0.539. The van der Waals surface area contributed by atoms with Crippen molar-refractivity contribution in [3.05, 3.63) is 229 Å². The van der Waals surface area contributed by atoms with Crippen LogP contribution in [0.1, 0.15) is 61.8 Å². The van der Waals surface area contributed by atoms with Crippen LogP contribution in [0.5, 0.6) is 0 Å². The third kappa shape index (κ3) is 10.4. The second-order valence-electron chi connectivity index (χ2n) is 17.4. The molecule has 4 heteroatoms. The van der Waals surface area contributed by atoms with Crippen molar-refractivity contribution in [3.8, 4) is 55.6 Å². The molecule has 0 atom stereocenters. The zero-order valence-corrected chi connectivity index (χ0v) is 43.4. The van der Waals surface area contributed by atoms with Gasteiger partial charge in [-0.05, 0) is 70.2 Å². The van der Waals surface area contributed by atoms with Gasteiger partial charge < -0.3 is 0 Å². The molecule has 0 unspecified atom stereocenters. The minimum Gasteiger partial charge on any atom is -0.184 e. The summed E-state index contributed by atoms with van der Waals surface area (Å²) in [4.78, 5) is 0. The van der Waals surface area contributed by atoms with Crippen molar-refractivity contribution in [1.82, 2.24) is 0 Å². The van der Waals surface area contributed by atoms with E-state index in [1.807, 2.05) is 6.07 Å². The maximum Gasteiger partial charge on any atom is 0.0920 e. The van der Waals surface area contributed by atoms with E-state index in [1.54, 1.807) is 0 Å². The number of rotatable bonds is 6.